The van der Waals surface area contributed by atoms with E-state index in [9.17, 15) is 0 Å². The van der Waals surface area contributed by atoms with Crippen LogP contribution in [0.15, 0.2) is 218 Å². The molecule has 0 nitrogen and oxygen atoms in total. The fourth-order valence-electron chi connectivity index (χ4n) is 13.1. The van der Waals surface area contributed by atoms with E-state index in [0.717, 1.165) is 0 Å². The molecule has 0 heterocycles. The van der Waals surface area contributed by atoms with Crippen molar-refractivity contribution in [1.82, 2.24) is 0 Å². The van der Waals surface area contributed by atoms with Crippen LogP contribution in [-0.4, -0.2) is 0 Å². The summed E-state index contributed by atoms with van der Waals surface area (Å²) in [6, 6.07) is 84.7. The van der Waals surface area contributed by atoms with Gasteiger partial charge in [0.05, 0.1) is 0 Å². The van der Waals surface area contributed by atoms with Crippen molar-refractivity contribution in [2.45, 2.75) is 11.8 Å². The molecule has 0 saturated heterocycles. The zero-order valence-electron chi connectivity index (χ0n) is 36.9. The quantitative estimate of drug-likeness (QED) is 0.133. The Balaban J connectivity index is 0.901. The minimum absolute atomic E-state index is 0.120. The van der Waals surface area contributed by atoms with Crippen molar-refractivity contribution < 1.29 is 0 Å². The average molecular weight is 855 g/mol. The summed E-state index contributed by atoms with van der Waals surface area (Å²) in [5, 5.41) is 31.0. The lowest BCUT2D eigenvalue weighted by Gasteiger charge is -2.43. The van der Waals surface area contributed by atoms with Gasteiger partial charge in [-0.2, -0.15) is 0 Å². The molecular formula is C68H38. The summed E-state index contributed by atoms with van der Waals surface area (Å²) in [4.78, 5) is 0. The Labute approximate surface area is 390 Å². The molecule has 3 aliphatic carbocycles. The standard InChI is InChI=1S/C68H38/c1-2-8-38-14-44-20-50-26-56-32-62-61(31-55(56)25-49(50)19-43(44)13-37(38)7-1)67-63-33-57-27-51-21-45-15-39-9-3-5-11-41(39)17-47(45)23-53(51)29-59(57)35-65(63)68(62)66-36-60-30-54-24-48-18-42-12-6-4-10-40(42)16-46(48)22-52(54)28-58(60)34-64(66)67/h1-36,67-68H. The Morgan fingerprint density at radius 3 is 0.397 bits per heavy atom. The zero-order chi connectivity index (χ0) is 43.9. The summed E-state index contributed by atoms with van der Waals surface area (Å²) in [5.41, 5.74) is 8.69. The maximum absolute atomic E-state index is 2.56. The maximum atomic E-state index is 2.56. The molecule has 0 radical (unpaired) electrons. The van der Waals surface area contributed by atoms with Crippen LogP contribution in [0.2, 0.25) is 0 Å². The van der Waals surface area contributed by atoms with Crippen molar-refractivity contribution in [2.24, 2.45) is 0 Å². The lowest BCUT2D eigenvalue weighted by atomic mass is 9.60. The summed E-state index contributed by atoms with van der Waals surface area (Å²) in [6.45, 7) is 0. The highest BCUT2D eigenvalue weighted by Crippen LogP contribution is 2.58. The van der Waals surface area contributed by atoms with E-state index < -0.39 is 0 Å². The van der Waals surface area contributed by atoms with Gasteiger partial charge >= 0.3 is 0 Å². The molecule has 0 N–H and O–H groups in total. The first-order chi connectivity index (χ1) is 33.5. The van der Waals surface area contributed by atoms with E-state index in [-0.39, 0.29) is 11.8 Å². The van der Waals surface area contributed by atoms with Gasteiger partial charge in [-0.15, -0.1) is 0 Å². The molecule has 0 unspecified atom stereocenters. The molecule has 310 valence electrons. The van der Waals surface area contributed by atoms with Gasteiger partial charge in [0.2, 0.25) is 0 Å². The summed E-state index contributed by atoms with van der Waals surface area (Å²) in [6.07, 6.45) is 0. The summed E-state index contributed by atoms with van der Waals surface area (Å²) in [7, 11) is 0. The van der Waals surface area contributed by atoms with Gasteiger partial charge in [0.15, 0.2) is 0 Å². The second-order valence-electron chi connectivity index (χ2n) is 20.1. The molecule has 2 bridgehead atoms. The van der Waals surface area contributed by atoms with Crippen LogP contribution in [-0.2, 0) is 0 Å². The van der Waals surface area contributed by atoms with Gasteiger partial charge < -0.3 is 0 Å². The predicted octanol–water partition coefficient (Wildman–Crippen LogP) is 18.5. The number of hydrogen-bond acceptors (Lipinski definition) is 0. The normalized spacial score (nSPS) is 15.4. The van der Waals surface area contributed by atoms with Crippen LogP contribution >= 0.6 is 0 Å². The first-order valence-corrected chi connectivity index (χ1v) is 24.1. The van der Waals surface area contributed by atoms with Gasteiger partial charge in [0.25, 0.3) is 0 Å². The van der Waals surface area contributed by atoms with E-state index >= 15 is 0 Å². The molecule has 0 atom stereocenters. The van der Waals surface area contributed by atoms with E-state index in [2.05, 4.69) is 218 Å². The van der Waals surface area contributed by atoms with Crippen molar-refractivity contribution in [1.29, 1.82) is 0 Å². The zero-order valence-corrected chi connectivity index (χ0v) is 36.9. The Morgan fingerprint density at radius 1 is 0.132 bits per heavy atom. The monoisotopic (exact) mass is 854 g/mol. The molecule has 15 aromatic rings. The molecule has 0 spiro atoms. The minimum Gasteiger partial charge on any atom is -0.0616 e. The fraction of sp³-hybridized carbons (Fsp3) is 0.0294. The SMILES string of the molecule is c1ccc2cc3cc4cc5cc6c(cc5cc4cc3cc2c1)C1c2cc3cc4cc5cc7ccccc7cc5cc4cc3cc2C6c2cc3cc4cc5cc6ccccc6cc5cc4cc3cc21. The summed E-state index contributed by atoms with van der Waals surface area (Å²) in [5.74, 6) is 0.239. The smallest absolute Gasteiger partial charge is 0.0349 e. The molecule has 0 aromatic heterocycles. The van der Waals surface area contributed by atoms with Crippen molar-refractivity contribution in [3.05, 3.63) is 252 Å². The largest absolute Gasteiger partial charge is 0.0616 e. The molecule has 18 rings (SSSR count). The number of hydrogen-bond donors (Lipinski definition) is 0. The molecular weight excluding hydrogens is 817 g/mol. The van der Waals surface area contributed by atoms with Crippen LogP contribution in [0, 0.1) is 0 Å². The summed E-state index contributed by atoms with van der Waals surface area (Å²) < 4.78 is 0. The first kappa shape index (κ1) is 35.7. The van der Waals surface area contributed by atoms with Crippen LogP contribution < -0.4 is 0 Å². The number of fused-ring (bicyclic) bond motifs is 12. The Morgan fingerprint density at radius 2 is 0.250 bits per heavy atom. The minimum atomic E-state index is 0.120. The fourth-order valence-corrected chi connectivity index (χ4v) is 13.1. The second-order valence-corrected chi connectivity index (χ2v) is 20.1. The number of rotatable bonds is 0. The number of benzene rings is 15. The first-order valence-electron chi connectivity index (χ1n) is 24.1. The molecule has 0 heteroatoms. The lowest BCUT2D eigenvalue weighted by Crippen LogP contribution is -2.27. The van der Waals surface area contributed by atoms with Crippen LogP contribution in [0.4, 0.5) is 0 Å². The van der Waals surface area contributed by atoms with Gasteiger partial charge in [-0.3, -0.25) is 0 Å². The predicted molar refractivity (Wildman–Crippen MR) is 291 cm³/mol. The van der Waals surface area contributed by atoms with Crippen molar-refractivity contribution in [3.63, 3.8) is 0 Å². The van der Waals surface area contributed by atoms with Gasteiger partial charge in [0.1, 0.15) is 0 Å². The van der Waals surface area contributed by atoms with Gasteiger partial charge in [-0.05, 0) is 308 Å². The molecule has 15 aromatic carbocycles. The molecule has 3 aliphatic rings. The molecule has 0 fully saturated rings. The van der Waals surface area contributed by atoms with E-state index in [1.165, 1.54) is 163 Å². The van der Waals surface area contributed by atoms with E-state index in [4.69, 9.17) is 0 Å². The van der Waals surface area contributed by atoms with Crippen molar-refractivity contribution >= 4 is 129 Å². The van der Waals surface area contributed by atoms with Crippen LogP contribution in [0.25, 0.3) is 129 Å². The van der Waals surface area contributed by atoms with Crippen molar-refractivity contribution in [3.8, 4) is 0 Å². The van der Waals surface area contributed by atoms with Crippen LogP contribution in [0.3, 0.4) is 0 Å². The molecule has 68 heavy (non-hydrogen) atoms. The third-order valence-electron chi connectivity index (χ3n) is 16.3. The van der Waals surface area contributed by atoms with E-state index in [1.807, 2.05) is 0 Å². The molecule has 0 amide bonds. The topological polar surface area (TPSA) is 0 Å². The lowest BCUT2D eigenvalue weighted by molar-refractivity contribution is 0.761. The van der Waals surface area contributed by atoms with E-state index in [1.54, 1.807) is 0 Å². The maximum Gasteiger partial charge on any atom is 0.0349 e. The highest BCUT2D eigenvalue weighted by molar-refractivity contribution is 6.12. The average Bonchev–Trinajstić information content (AvgIpc) is 3.35. The second kappa shape index (κ2) is 12.6. The molecule has 0 saturated carbocycles. The highest BCUT2D eigenvalue weighted by Gasteiger charge is 2.42. The highest BCUT2D eigenvalue weighted by atomic mass is 14.4. The third kappa shape index (κ3) is 4.94. The van der Waals surface area contributed by atoms with Gasteiger partial charge in [-0.25, -0.2) is 0 Å². The Kier molecular flexibility index (Phi) is 6.63. The Hall–Kier alpha value is -8.58. The van der Waals surface area contributed by atoms with Crippen LogP contribution in [0.1, 0.15) is 45.2 Å². The van der Waals surface area contributed by atoms with Crippen molar-refractivity contribution in [2.75, 3.05) is 0 Å². The summed E-state index contributed by atoms with van der Waals surface area (Å²) >= 11 is 0. The van der Waals surface area contributed by atoms with Crippen LogP contribution in [0.5, 0.6) is 0 Å². The molecule has 0 aliphatic heterocycles. The Bertz CT molecular complexity index is 4060. The van der Waals surface area contributed by atoms with Gasteiger partial charge in [-0.1, -0.05) is 72.8 Å². The van der Waals surface area contributed by atoms with E-state index in [0.29, 0.717) is 0 Å². The third-order valence-corrected chi connectivity index (χ3v) is 16.3. The van der Waals surface area contributed by atoms with Gasteiger partial charge in [0, 0.05) is 11.8 Å².